The summed E-state index contributed by atoms with van der Waals surface area (Å²) < 4.78 is 24.5. The minimum Gasteiger partial charge on any atom is -0.472 e. The Bertz CT molecular complexity index is 1280. The lowest BCUT2D eigenvalue weighted by Crippen LogP contribution is -2.42. The average Bonchev–Trinajstić information content (AvgIpc) is 3.69. The second kappa shape index (κ2) is 23.2. The van der Waals surface area contributed by atoms with E-state index in [1.54, 1.807) is 0 Å². The number of rotatable bonds is 19. The smallest absolute Gasteiger partial charge is 0.306 e. The van der Waals surface area contributed by atoms with E-state index in [4.69, 9.17) is 14.2 Å². The molecule has 0 amide bonds. The van der Waals surface area contributed by atoms with Gasteiger partial charge in [0.1, 0.15) is 12.7 Å². The lowest BCUT2D eigenvalue weighted by atomic mass is 9.85. The van der Waals surface area contributed by atoms with Crippen molar-refractivity contribution in [2.75, 3.05) is 44.4 Å². The number of hydrogen-bond donors (Lipinski definition) is 5. The normalized spacial score (nSPS) is 21.9. The van der Waals surface area contributed by atoms with Crippen LogP contribution in [-0.4, -0.2) is 111 Å². The minimum absolute atomic E-state index is 0.00652. The van der Waals surface area contributed by atoms with Crippen LogP contribution in [0.25, 0.3) is 0 Å². The molecule has 12 nitrogen and oxygen atoms in total. The number of nitrogens with zero attached hydrogens (tertiary/aromatic N) is 3. The Morgan fingerprint density at radius 1 is 1.04 bits per heavy atom. The van der Waals surface area contributed by atoms with Crippen molar-refractivity contribution < 1.29 is 39.4 Å². The quantitative estimate of drug-likeness (QED) is 0.0766. The highest BCUT2D eigenvalue weighted by Crippen LogP contribution is 2.38. The van der Waals surface area contributed by atoms with Crippen molar-refractivity contribution in [1.29, 1.82) is 0 Å². The summed E-state index contributed by atoms with van der Waals surface area (Å²) in [6.45, 7) is 13.5. The SMILES string of the molecule is CC(C)(C)NC[C@H](O)COc1nsnc1N1CCOCC1.CC(C)OC(=O)CCC/C=C/C[C@@H]1[C@@H](CC[C@@H](O)CCc2ccccc2)[C@H](O)C[C@@H]1O. The molecule has 2 aliphatic rings. The van der Waals surface area contributed by atoms with Crippen LogP contribution in [0.1, 0.15) is 91.5 Å². The van der Waals surface area contributed by atoms with Crippen molar-refractivity contribution in [1.82, 2.24) is 14.1 Å². The second-order valence-electron chi connectivity index (χ2n) is 15.2. The molecular weight excluding hydrogens is 685 g/mol. The van der Waals surface area contributed by atoms with Gasteiger partial charge in [0.25, 0.3) is 5.88 Å². The summed E-state index contributed by atoms with van der Waals surface area (Å²) in [5, 5.41) is 44.4. The third-order valence-corrected chi connectivity index (χ3v) is 9.69. The zero-order valence-corrected chi connectivity index (χ0v) is 32.7. The van der Waals surface area contributed by atoms with Gasteiger partial charge in [-0.05, 0) is 103 Å². The molecule has 2 heterocycles. The molecule has 2 aromatic rings. The van der Waals surface area contributed by atoms with Crippen molar-refractivity contribution in [2.24, 2.45) is 11.8 Å². The van der Waals surface area contributed by atoms with Gasteiger partial charge in [0.05, 0.1) is 49.4 Å². The van der Waals surface area contributed by atoms with E-state index in [1.165, 1.54) is 5.56 Å². The number of carbonyl (C=O) groups excluding carboxylic acids is 1. The van der Waals surface area contributed by atoms with Gasteiger partial charge >= 0.3 is 5.97 Å². The number of aromatic nitrogens is 2. The van der Waals surface area contributed by atoms with Gasteiger partial charge in [0.2, 0.25) is 5.82 Å². The van der Waals surface area contributed by atoms with Gasteiger partial charge < -0.3 is 44.9 Å². The van der Waals surface area contributed by atoms with Crippen LogP contribution < -0.4 is 15.0 Å². The highest BCUT2D eigenvalue weighted by atomic mass is 32.1. The van der Waals surface area contributed by atoms with Gasteiger partial charge in [0.15, 0.2) is 0 Å². The Morgan fingerprint density at radius 3 is 2.44 bits per heavy atom. The van der Waals surface area contributed by atoms with E-state index in [0.717, 1.165) is 49.9 Å². The van der Waals surface area contributed by atoms with E-state index in [-0.39, 0.29) is 36.1 Å². The number of benzene rings is 1. The predicted octanol–water partition coefficient (Wildman–Crippen LogP) is 4.69. The first-order chi connectivity index (χ1) is 24.8. The van der Waals surface area contributed by atoms with Crippen molar-refractivity contribution in [2.45, 2.75) is 128 Å². The fourth-order valence-corrected chi connectivity index (χ4v) is 6.88. The Morgan fingerprint density at radius 2 is 1.75 bits per heavy atom. The Balaban J connectivity index is 0.000000302. The molecule has 4 rings (SSSR count). The topological polar surface area (TPSA) is 167 Å². The fourth-order valence-electron chi connectivity index (χ4n) is 6.36. The Labute approximate surface area is 314 Å². The third-order valence-electron chi connectivity index (χ3n) is 9.19. The largest absolute Gasteiger partial charge is 0.472 e. The number of hydrogen-bond acceptors (Lipinski definition) is 13. The van der Waals surface area contributed by atoms with Gasteiger partial charge in [-0.15, -0.1) is 4.37 Å². The third kappa shape index (κ3) is 17.0. The molecule has 5 N–H and O–H groups in total. The number of ether oxygens (including phenoxy) is 3. The summed E-state index contributed by atoms with van der Waals surface area (Å²) in [5.74, 6) is 1.10. The second-order valence-corrected chi connectivity index (χ2v) is 15.7. The van der Waals surface area contributed by atoms with Crippen LogP contribution in [0.5, 0.6) is 5.88 Å². The van der Waals surface area contributed by atoms with Crippen molar-refractivity contribution in [3.63, 3.8) is 0 Å². The molecule has 294 valence electrons. The van der Waals surface area contributed by atoms with E-state index in [9.17, 15) is 25.2 Å². The zero-order chi connectivity index (χ0) is 37.9. The first-order valence-electron chi connectivity index (χ1n) is 19.0. The molecule has 0 spiro atoms. The summed E-state index contributed by atoms with van der Waals surface area (Å²) in [7, 11) is 0. The lowest BCUT2D eigenvalue weighted by molar-refractivity contribution is -0.147. The maximum atomic E-state index is 11.5. The number of esters is 1. The summed E-state index contributed by atoms with van der Waals surface area (Å²) >= 11 is 1.12. The molecule has 1 saturated heterocycles. The van der Waals surface area contributed by atoms with Crippen LogP contribution >= 0.6 is 11.7 Å². The highest BCUT2D eigenvalue weighted by molar-refractivity contribution is 6.99. The number of anilines is 1. The summed E-state index contributed by atoms with van der Waals surface area (Å²) in [5.41, 5.74) is 1.20. The number of aliphatic hydroxyl groups is 4. The van der Waals surface area contributed by atoms with Crippen molar-refractivity contribution in [3.05, 3.63) is 48.0 Å². The lowest BCUT2D eigenvalue weighted by Gasteiger charge is -2.27. The first kappa shape index (κ1) is 43.8. The number of carbonyl (C=O) groups is 1. The van der Waals surface area contributed by atoms with Crippen LogP contribution in [0.15, 0.2) is 42.5 Å². The van der Waals surface area contributed by atoms with Crippen LogP contribution in [0.4, 0.5) is 5.82 Å². The van der Waals surface area contributed by atoms with E-state index < -0.39 is 24.4 Å². The van der Waals surface area contributed by atoms with E-state index >= 15 is 0 Å². The number of β-amino-alcohol motifs (C(OH)–C–C–N with tert-alkyl or cyclic N) is 1. The van der Waals surface area contributed by atoms with Gasteiger partial charge in [-0.1, -0.05) is 42.5 Å². The maximum absolute atomic E-state index is 11.5. The molecule has 1 aromatic carbocycles. The van der Waals surface area contributed by atoms with E-state index in [0.29, 0.717) is 64.2 Å². The minimum atomic E-state index is -0.580. The molecule has 0 unspecified atom stereocenters. The molecule has 1 aliphatic heterocycles. The van der Waals surface area contributed by atoms with Crippen LogP contribution in [-0.2, 0) is 20.7 Å². The van der Waals surface area contributed by atoms with Crippen LogP contribution in [0.3, 0.4) is 0 Å². The van der Waals surface area contributed by atoms with Crippen LogP contribution in [0, 0.1) is 11.8 Å². The summed E-state index contributed by atoms with van der Waals surface area (Å²) in [4.78, 5) is 13.6. The molecule has 1 aromatic heterocycles. The average molecular weight is 749 g/mol. The van der Waals surface area contributed by atoms with Gasteiger partial charge in [0, 0.05) is 31.6 Å². The zero-order valence-electron chi connectivity index (χ0n) is 31.9. The number of aryl methyl sites for hydroxylation is 1. The van der Waals surface area contributed by atoms with Gasteiger partial charge in [-0.3, -0.25) is 4.79 Å². The molecule has 13 heteroatoms. The first-order valence-corrected chi connectivity index (χ1v) is 19.7. The number of allylic oxidation sites excluding steroid dienone is 2. The monoisotopic (exact) mass is 748 g/mol. The summed E-state index contributed by atoms with van der Waals surface area (Å²) in [6.07, 6.45) is 8.00. The molecule has 0 bridgehead atoms. The standard InChI is InChI=1S/C26H40O5.C13H24N4O3S/c1-19(2)31-26(30)13-9-4-3-8-12-22-23(25(29)18-24(22)28)17-16-21(27)15-14-20-10-6-5-7-11-20;1-13(2,3)14-8-10(18)9-20-12-11(15-21-16-12)17-4-6-19-7-5-17/h3,5-8,10-11,19,21-25,27-29H,4,9,12-18H2,1-2H3;10,14,18H,4-9H2,1-3H3/b8-3+;/t21-,22+,23+,24-,25+;10-/m00/s1. The Kier molecular flexibility index (Phi) is 19.5. The molecule has 0 radical (unpaired) electrons. The molecule has 6 atom stereocenters. The maximum Gasteiger partial charge on any atom is 0.306 e. The predicted molar refractivity (Wildman–Crippen MR) is 205 cm³/mol. The number of morpholine rings is 1. The molecule has 1 aliphatic carbocycles. The molecule has 1 saturated carbocycles. The molecule has 52 heavy (non-hydrogen) atoms. The number of unbranched alkanes of at least 4 members (excludes halogenated alkanes) is 1. The fraction of sp³-hybridized carbons (Fsp3) is 0.718. The van der Waals surface area contributed by atoms with Crippen molar-refractivity contribution in [3.8, 4) is 5.88 Å². The molecular formula is C39H64N4O8S. The highest BCUT2D eigenvalue weighted by Gasteiger charge is 2.40. The van der Waals surface area contributed by atoms with Crippen molar-refractivity contribution >= 4 is 23.5 Å². The van der Waals surface area contributed by atoms with Gasteiger partial charge in [-0.25, -0.2) is 0 Å². The number of aliphatic hydroxyl groups excluding tert-OH is 4. The van der Waals surface area contributed by atoms with E-state index in [1.807, 2.05) is 38.1 Å². The Hall–Kier alpha value is -2.65. The number of nitrogens with one attached hydrogen (secondary N) is 1. The van der Waals surface area contributed by atoms with Crippen LogP contribution in [0.2, 0.25) is 0 Å². The molecule has 2 fully saturated rings. The summed E-state index contributed by atoms with van der Waals surface area (Å²) in [6, 6.07) is 10.1. The van der Waals surface area contributed by atoms with Gasteiger partial charge in [-0.2, -0.15) is 4.37 Å². The van der Waals surface area contributed by atoms with E-state index in [2.05, 4.69) is 57.9 Å².